The zero-order chi connectivity index (χ0) is 9.97. The molecule has 72 valence electrons. The first-order valence-corrected chi connectivity index (χ1v) is 4.25. The first-order chi connectivity index (χ1) is 6.81. The molecule has 0 unspecified atom stereocenters. The van der Waals surface area contributed by atoms with Gasteiger partial charge in [-0.05, 0) is 12.1 Å². The van der Waals surface area contributed by atoms with Crippen LogP contribution in [-0.2, 0) is 0 Å². The Hall–Kier alpha value is -1.84. The molecule has 1 aromatic heterocycles. The van der Waals surface area contributed by atoms with Crippen molar-refractivity contribution in [1.29, 1.82) is 0 Å². The molecule has 0 saturated heterocycles. The summed E-state index contributed by atoms with van der Waals surface area (Å²) in [5, 5.41) is 7.69. The summed E-state index contributed by atoms with van der Waals surface area (Å²) < 4.78 is 10.5. The van der Waals surface area contributed by atoms with Gasteiger partial charge in [0.2, 0.25) is 5.89 Å². The summed E-state index contributed by atoms with van der Waals surface area (Å²) in [5.74, 6) is 1.77. The second kappa shape index (κ2) is 3.49. The van der Waals surface area contributed by atoms with Crippen LogP contribution in [-0.4, -0.2) is 17.3 Å². The molecule has 0 aliphatic heterocycles. The van der Waals surface area contributed by atoms with Gasteiger partial charge < -0.3 is 9.15 Å². The molecule has 0 bridgehead atoms. The lowest BCUT2D eigenvalue weighted by atomic mass is 10.2. The minimum absolute atomic E-state index is 0.486. The molecule has 0 fully saturated rings. The minimum Gasteiger partial charge on any atom is -0.496 e. The zero-order valence-corrected chi connectivity index (χ0v) is 8.02. The number of nitrogens with zero attached hydrogens (tertiary/aromatic N) is 2. The van der Waals surface area contributed by atoms with E-state index in [-0.39, 0.29) is 0 Å². The topological polar surface area (TPSA) is 48.2 Å². The molecule has 14 heavy (non-hydrogen) atoms. The molecule has 4 nitrogen and oxygen atoms in total. The van der Waals surface area contributed by atoms with Crippen molar-refractivity contribution >= 4 is 0 Å². The van der Waals surface area contributed by atoms with Crippen molar-refractivity contribution in [2.75, 3.05) is 7.11 Å². The van der Waals surface area contributed by atoms with Crippen LogP contribution < -0.4 is 4.74 Å². The Kier molecular flexibility index (Phi) is 2.18. The van der Waals surface area contributed by atoms with Crippen molar-refractivity contribution in [3.05, 3.63) is 30.2 Å². The molecule has 4 heteroatoms. The minimum atomic E-state index is 0.486. The first-order valence-electron chi connectivity index (χ1n) is 4.25. The lowest BCUT2D eigenvalue weighted by Gasteiger charge is -2.02. The van der Waals surface area contributed by atoms with Gasteiger partial charge in [0.1, 0.15) is 5.75 Å². The van der Waals surface area contributed by atoms with E-state index in [1.165, 1.54) is 0 Å². The highest BCUT2D eigenvalue weighted by Crippen LogP contribution is 2.27. The fourth-order valence-corrected chi connectivity index (χ4v) is 1.23. The number of para-hydroxylation sites is 1. The van der Waals surface area contributed by atoms with Gasteiger partial charge in [-0.15, -0.1) is 10.2 Å². The van der Waals surface area contributed by atoms with Crippen molar-refractivity contribution in [3.63, 3.8) is 0 Å². The summed E-state index contributed by atoms with van der Waals surface area (Å²) in [7, 11) is 1.61. The molecule has 0 spiro atoms. The molecule has 0 radical (unpaired) electrons. The van der Waals surface area contributed by atoms with E-state index in [0.717, 1.165) is 11.3 Å². The molecule has 2 aromatic rings. The van der Waals surface area contributed by atoms with E-state index in [2.05, 4.69) is 10.2 Å². The Morgan fingerprint density at radius 2 is 2.00 bits per heavy atom. The molecule has 0 amide bonds. The summed E-state index contributed by atoms with van der Waals surface area (Å²) in [6.07, 6.45) is 0. The van der Waals surface area contributed by atoms with Gasteiger partial charge in [0.25, 0.3) is 5.89 Å². The number of ether oxygens (including phenoxy) is 1. The zero-order valence-electron chi connectivity index (χ0n) is 8.02. The Morgan fingerprint density at radius 1 is 1.21 bits per heavy atom. The molecule has 2 rings (SSSR count). The number of methoxy groups -OCH3 is 1. The van der Waals surface area contributed by atoms with Crippen LogP contribution in [0.15, 0.2) is 28.7 Å². The Morgan fingerprint density at radius 3 is 2.64 bits per heavy atom. The summed E-state index contributed by atoms with van der Waals surface area (Å²) in [6.45, 7) is 1.76. The van der Waals surface area contributed by atoms with Crippen LogP contribution in [0, 0.1) is 6.92 Å². The summed E-state index contributed by atoms with van der Waals surface area (Å²) in [6, 6.07) is 7.53. The van der Waals surface area contributed by atoms with Gasteiger partial charge in [-0.3, -0.25) is 0 Å². The molecular formula is C10H10N2O2. The van der Waals surface area contributed by atoms with E-state index in [9.17, 15) is 0 Å². The number of benzene rings is 1. The highest BCUT2D eigenvalue weighted by Gasteiger charge is 2.10. The van der Waals surface area contributed by atoms with Gasteiger partial charge in [-0.1, -0.05) is 12.1 Å². The average molecular weight is 190 g/mol. The van der Waals surface area contributed by atoms with Crippen LogP contribution in [0.4, 0.5) is 0 Å². The van der Waals surface area contributed by atoms with Crippen LogP contribution in [0.3, 0.4) is 0 Å². The Balaban J connectivity index is 2.50. The standard InChI is InChI=1S/C10H10N2O2/c1-7-11-12-10(14-7)8-5-3-4-6-9(8)13-2/h3-6H,1-2H3. The SMILES string of the molecule is COc1ccccc1-c1nnc(C)o1. The van der Waals surface area contributed by atoms with Crippen molar-refractivity contribution in [2.24, 2.45) is 0 Å². The first kappa shape index (κ1) is 8.74. The maximum absolute atomic E-state index is 5.31. The quantitative estimate of drug-likeness (QED) is 0.727. The van der Waals surface area contributed by atoms with Gasteiger partial charge in [0.05, 0.1) is 12.7 Å². The molecule has 0 aliphatic carbocycles. The summed E-state index contributed by atoms with van der Waals surface area (Å²) >= 11 is 0. The lowest BCUT2D eigenvalue weighted by Crippen LogP contribution is -1.87. The fourth-order valence-electron chi connectivity index (χ4n) is 1.23. The van der Waals surface area contributed by atoms with E-state index in [4.69, 9.17) is 9.15 Å². The third kappa shape index (κ3) is 1.46. The van der Waals surface area contributed by atoms with E-state index >= 15 is 0 Å². The average Bonchev–Trinajstić information content (AvgIpc) is 2.65. The van der Waals surface area contributed by atoms with E-state index in [1.54, 1.807) is 14.0 Å². The van der Waals surface area contributed by atoms with Gasteiger partial charge in [-0.2, -0.15) is 0 Å². The largest absolute Gasteiger partial charge is 0.496 e. The summed E-state index contributed by atoms with van der Waals surface area (Å²) in [5.41, 5.74) is 0.815. The highest BCUT2D eigenvalue weighted by molar-refractivity contribution is 5.62. The van der Waals surface area contributed by atoms with Crippen molar-refractivity contribution in [1.82, 2.24) is 10.2 Å². The van der Waals surface area contributed by atoms with E-state index in [0.29, 0.717) is 11.8 Å². The van der Waals surface area contributed by atoms with E-state index < -0.39 is 0 Å². The number of aromatic nitrogens is 2. The number of hydrogen-bond donors (Lipinski definition) is 0. The number of aryl methyl sites for hydroxylation is 1. The monoisotopic (exact) mass is 190 g/mol. The smallest absolute Gasteiger partial charge is 0.251 e. The molecular weight excluding hydrogens is 180 g/mol. The second-order valence-electron chi connectivity index (χ2n) is 2.83. The van der Waals surface area contributed by atoms with Gasteiger partial charge >= 0.3 is 0 Å². The van der Waals surface area contributed by atoms with Crippen molar-refractivity contribution in [2.45, 2.75) is 6.92 Å². The number of rotatable bonds is 2. The predicted molar refractivity (Wildman–Crippen MR) is 51.0 cm³/mol. The predicted octanol–water partition coefficient (Wildman–Crippen LogP) is 2.05. The number of hydrogen-bond acceptors (Lipinski definition) is 4. The maximum atomic E-state index is 5.31. The fraction of sp³-hybridized carbons (Fsp3) is 0.200. The highest BCUT2D eigenvalue weighted by atomic mass is 16.5. The van der Waals surface area contributed by atoms with Crippen molar-refractivity contribution in [3.8, 4) is 17.2 Å². The maximum Gasteiger partial charge on any atom is 0.251 e. The van der Waals surface area contributed by atoms with Gasteiger partial charge in [-0.25, -0.2) is 0 Å². The molecule has 1 aromatic carbocycles. The van der Waals surface area contributed by atoms with Crippen LogP contribution in [0.25, 0.3) is 11.5 Å². The normalized spacial score (nSPS) is 10.1. The van der Waals surface area contributed by atoms with E-state index in [1.807, 2.05) is 24.3 Å². The lowest BCUT2D eigenvalue weighted by molar-refractivity contribution is 0.414. The third-order valence-corrected chi connectivity index (χ3v) is 1.86. The molecule has 0 N–H and O–H groups in total. The van der Waals surface area contributed by atoms with Crippen LogP contribution >= 0.6 is 0 Å². The van der Waals surface area contributed by atoms with Gasteiger partial charge in [0.15, 0.2) is 0 Å². The van der Waals surface area contributed by atoms with Crippen molar-refractivity contribution < 1.29 is 9.15 Å². The Bertz CT molecular complexity index is 437. The van der Waals surface area contributed by atoms with Crippen LogP contribution in [0.1, 0.15) is 5.89 Å². The molecule has 1 heterocycles. The van der Waals surface area contributed by atoms with Gasteiger partial charge in [0, 0.05) is 6.92 Å². The molecule has 0 atom stereocenters. The van der Waals surface area contributed by atoms with Crippen LogP contribution in [0.2, 0.25) is 0 Å². The Labute approximate surface area is 81.5 Å². The molecule has 0 saturated carbocycles. The second-order valence-corrected chi connectivity index (χ2v) is 2.83. The van der Waals surface area contributed by atoms with Crippen LogP contribution in [0.5, 0.6) is 5.75 Å². The summed E-state index contributed by atoms with van der Waals surface area (Å²) in [4.78, 5) is 0. The third-order valence-electron chi connectivity index (χ3n) is 1.86. The molecule has 0 aliphatic rings.